The van der Waals surface area contributed by atoms with Crippen molar-refractivity contribution in [1.29, 1.82) is 0 Å². The number of nitrogens with zero attached hydrogens (tertiary/aromatic N) is 1. The van der Waals surface area contributed by atoms with Crippen LogP contribution in [-0.2, 0) is 0 Å². The molecule has 1 atom stereocenters. The predicted molar refractivity (Wildman–Crippen MR) is 85.5 cm³/mol. The van der Waals surface area contributed by atoms with Crippen molar-refractivity contribution in [2.45, 2.75) is 38.8 Å². The molecule has 1 aliphatic rings. The lowest BCUT2D eigenvalue weighted by atomic mass is 10.0. The fourth-order valence-corrected chi connectivity index (χ4v) is 2.53. The molecule has 1 aromatic rings. The van der Waals surface area contributed by atoms with Gasteiger partial charge < -0.3 is 5.32 Å². The normalized spacial score (nSPS) is 16.4. The van der Waals surface area contributed by atoms with Crippen molar-refractivity contribution in [3.63, 3.8) is 0 Å². The Balaban J connectivity index is 2.11. The Bertz CT molecular complexity index is 428. The highest BCUT2D eigenvalue weighted by Gasteiger charge is 2.28. The van der Waals surface area contributed by atoms with Gasteiger partial charge in [-0.3, -0.25) is 4.90 Å². The van der Waals surface area contributed by atoms with E-state index in [-0.39, 0.29) is 0 Å². The zero-order chi connectivity index (χ0) is 14.4. The molecule has 1 aromatic carbocycles. The second kappa shape index (κ2) is 7.47. The lowest BCUT2D eigenvalue weighted by molar-refractivity contribution is 0.205. The van der Waals surface area contributed by atoms with Gasteiger partial charge in [-0.2, -0.15) is 0 Å². The molecule has 0 amide bonds. The van der Waals surface area contributed by atoms with Crippen molar-refractivity contribution in [3.05, 3.63) is 35.9 Å². The topological polar surface area (TPSA) is 15.3 Å². The molecule has 2 rings (SSSR count). The van der Waals surface area contributed by atoms with Crippen LogP contribution in [0, 0.1) is 18.3 Å². The van der Waals surface area contributed by atoms with Gasteiger partial charge in [0.05, 0.1) is 6.54 Å². The summed E-state index contributed by atoms with van der Waals surface area (Å²) < 4.78 is 0. The van der Waals surface area contributed by atoms with Gasteiger partial charge in [-0.1, -0.05) is 50.1 Å². The minimum Gasteiger partial charge on any atom is -0.313 e. The number of hydrogen-bond donors (Lipinski definition) is 1. The Kier molecular flexibility index (Phi) is 5.64. The molecule has 0 aliphatic heterocycles. The van der Waals surface area contributed by atoms with E-state index >= 15 is 0 Å². The van der Waals surface area contributed by atoms with Gasteiger partial charge in [0, 0.05) is 25.2 Å². The molecule has 0 radical (unpaired) electrons. The Morgan fingerprint density at radius 1 is 1.30 bits per heavy atom. The van der Waals surface area contributed by atoms with E-state index in [0.717, 1.165) is 25.6 Å². The van der Waals surface area contributed by atoms with Gasteiger partial charge >= 0.3 is 0 Å². The van der Waals surface area contributed by atoms with Gasteiger partial charge in [-0.05, 0) is 24.3 Å². The number of terminal acetylenes is 1. The Morgan fingerprint density at radius 3 is 2.55 bits per heavy atom. The molecule has 0 aromatic heterocycles. The summed E-state index contributed by atoms with van der Waals surface area (Å²) in [6.07, 6.45) is 8.31. The van der Waals surface area contributed by atoms with Crippen LogP contribution < -0.4 is 5.32 Å². The van der Waals surface area contributed by atoms with E-state index < -0.39 is 0 Å². The van der Waals surface area contributed by atoms with Crippen molar-refractivity contribution in [3.8, 4) is 12.3 Å². The molecule has 2 nitrogen and oxygen atoms in total. The van der Waals surface area contributed by atoms with Gasteiger partial charge in [0.25, 0.3) is 0 Å². The first-order chi connectivity index (χ1) is 9.70. The van der Waals surface area contributed by atoms with E-state index in [1.54, 1.807) is 0 Å². The molecule has 0 spiro atoms. The quantitative estimate of drug-likeness (QED) is 0.730. The average molecular weight is 270 g/mol. The number of benzene rings is 1. The monoisotopic (exact) mass is 270 g/mol. The highest BCUT2D eigenvalue weighted by atomic mass is 15.2. The van der Waals surface area contributed by atoms with E-state index in [0.29, 0.717) is 12.1 Å². The van der Waals surface area contributed by atoms with Crippen LogP contribution in [0.15, 0.2) is 30.3 Å². The minimum absolute atomic E-state index is 0.371. The SMILES string of the molecule is C#CCN(CC1CC1)C(CNC(C)C)c1ccccc1. The minimum atomic E-state index is 0.371. The molecule has 1 unspecified atom stereocenters. The molecular formula is C18H26N2. The maximum Gasteiger partial charge on any atom is 0.0604 e. The molecule has 0 bridgehead atoms. The van der Waals surface area contributed by atoms with E-state index in [2.05, 4.69) is 60.3 Å². The summed E-state index contributed by atoms with van der Waals surface area (Å²) in [6.45, 7) is 7.19. The highest BCUT2D eigenvalue weighted by Crippen LogP contribution is 2.32. The molecular weight excluding hydrogens is 244 g/mol. The first-order valence-electron chi connectivity index (χ1n) is 7.66. The molecule has 1 N–H and O–H groups in total. The molecule has 1 aliphatic carbocycles. The van der Waals surface area contributed by atoms with Crippen LogP contribution in [0.5, 0.6) is 0 Å². The van der Waals surface area contributed by atoms with Crippen LogP contribution in [0.3, 0.4) is 0 Å². The smallest absolute Gasteiger partial charge is 0.0604 e. The van der Waals surface area contributed by atoms with E-state index in [9.17, 15) is 0 Å². The summed E-state index contributed by atoms with van der Waals surface area (Å²) in [7, 11) is 0. The van der Waals surface area contributed by atoms with Crippen LogP contribution in [0.2, 0.25) is 0 Å². The fraction of sp³-hybridized carbons (Fsp3) is 0.556. The first kappa shape index (κ1) is 15.1. The Labute approximate surface area is 123 Å². The summed E-state index contributed by atoms with van der Waals surface area (Å²) in [6, 6.07) is 11.6. The Morgan fingerprint density at radius 2 is 2.00 bits per heavy atom. The van der Waals surface area contributed by atoms with Gasteiger partial charge in [0.1, 0.15) is 0 Å². The van der Waals surface area contributed by atoms with Gasteiger partial charge in [0.2, 0.25) is 0 Å². The molecule has 1 fully saturated rings. The predicted octanol–water partition coefficient (Wildman–Crippen LogP) is 3.07. The largest absolute Gasteiger partial charge is 0.313 e. The molecule has 2 heteroatoms. The number of hydrogen-bond acceptors (Lipinski definition) is 2. The molecule has 0 heterocycles. The van der Waals surface area contributed by atoms with Crippen LogP contribution in [-0.4, -0.2) is 30.6 Å². The zero-order valence-corrected chi connectivity index (χ0v) is 12.7. The van der Waals surface area contributed by atoms with Crippen molar-refractivity contribution in [2.24, 2.45) is 5.92 Å². The van der Waals surface area contributed by atoms with E-state index in [1.807, 2.05) is 0 Å². The van der Waals surface area contributed by atoms with Crippen LogP contribution in [0.4, 0.5) is 0 Å². The lowest BCUT2D eigenvalue weighted by Crippen LogP contribution is -2.39. The third-order valence-corrected chi connectivity index (χ3v) is 3.83. The maximum absolute atomic E-state index is 5.59. The summed E-state index contributed by atoms with van der Waals surface area (Å²) in [5, 5.41) is 3.57. The summed E-state index contributed by atoms with van der Waals surface area (Å²) in [5.74, 6) is 3.69. The van der Waals surface area contributed by atoms with Crippen LogP contribution in [0.25, 0.3) is 0 Å². The summed E-state index contributed by atoms with van der Waals surface area (Å²) in [4.78, 5) is 2.46. The lowest BCUT2D eigenvalue weighted by Gasteiger charge is -2.31. The second-order valence-electron chi connectivity index (χ2n) is 6.07. The standard InChI is InChI=1S/C18H26N2/c1-4-12-20(14-16-10-11-16)18(13-19-15(2)3)17-8-6-5-7-9-17/h1,5-9,15-16,18-19H,10-14H2,2-3H3. The van der Waals surface area contributed by atoms with Crippen molar-refractivity contribution < 1.29 is 0 Å². The maximum atomic E-state index is 5.59. The van der Waals surface area contributed by atoms with Crippen molar-refractivity contribution in [1.82, 2.24) is 10.2 Å². The van der Waals surface area contributed by atoms with Gasteiger partial charge in [-0.25, -0.2) is 0 Å². The third kappa shape index (κ3) is 4.67. The van der Waals surface area contributed by atoms with E-state index in [4.69, 9.17) is 6.42 Å². The van der Waals surface area contributed by atoms with Gasteiger partial charge in [-0.15, -0.1) is 6.42 Å². The number of nitrogens with one attached hydrogen (secondary N) is 1. The summed E-state index contributed by atoms with van der Waals surface area (Å²) >= 11 is 0. The highest BCUT2D eigenvalue weighted by molar-refractivity contribution is 5.20. The van der Waals surface area contributed by atoms with Gasteiger partial charge in [0.15, 0.2) is 0 Å². The second-order valence-corrected chi connectivity index (χ2v) is 6.07. The average Bonchev–Trinajstić information content (AvgIpc) is 3.24. The van der Waals surface area contributed by atoms with Crippen molar-refractivity contribution >= 4 is 0 Å². The van der Waals surface area contributed by atoms with Crippen LogP contribution in [0.1, 0.15) is 38.3 Å². The molecule has 1 saturated carbocycles. The van der Waals surface area contributed by atoms with E-state index in [1.165, 1.54) is 18.4 Å². The zero-order valence-electron chi connectivity index (χ0n) is 12.7. The van der Waals surface area contributed by atoms with Crippen molar-refractivity contribution in [2.75, 3.05) is 19.6 Å². The summed E-state index contributed by atoms with van der Waals surface area (Å²) in [5.41, 5.74) is 1.36. The molecule has 20 heavy (non-hydrogen) atoms. The van der Waals surface area contributed by atoms with Crippen LogP contribution >= 0.6 is 0 Å². The third-order valence-electron chi connectivity index (χ3n) is 3.83. The Hall–Kier alpha value is -1.30. The molecule has 0 saturated heterocycles. The number of rotatable bonds is 8. The first-order valence-corrected chi connectivity index (χ1v) is 7.66. The fourth-order valence-electron chi connectivity index (χ4n) is 2.53. The molecule has 108 valence electrons.